The van der Waals surface area contributed by atoms with Gasteiger partial charge < -0.3 is 10.6 Å². The van der Waals surface area contributed by atoms with Crippen LogP contribution < -0.4 is 10.6 Å². The van der Waals surface area contributed by atoms with Crippen LogP contribution in [0.15, 0.2) is 78.0 Å². The minimum Gasteiger partial charge on any atom is -0.378 e. The molecule has 0 aliphatic rings. The van der Waals surface area contributed by atoms with E-state index in [1.807, 2.05) is 54.8 Å². The number of amides is 1. The summed E-state index contributed by atoms with van der Waals surface area (Å²) < 4.78 is 0. The first-order valence-corrected chi connectivity index (χ1v) is 9.16. The number of carbonyl (C=O) groups excluding carboxylic acids is 1. The number of hydrogen-bond donors (Lipinski definition) is 2. The Kier molecular flexibility index (Phi) is 5.69. The summed E-state index contributed by atoms with van der Waals surface area (Å²) in [5.74, 6) is -0.120. The number of rotatable bonds is 6. The zero-order valence-corrected chi connectivity index (χ0v) is 14.7. The van der Waals surface area contributed by atoms with Crippen LogP contribution in [0.5, 0.6) is 0 Å². The quantitative estimate of drug-likeness (QED) is 0.635. The second kappa shape index (κ2) is 8.35. The van der Waals surface area contributed by atoms with Crippen molar-refractivity contribution in [3.05, 3.63) is 84.2 Å². The van der Waals surface area contributed by atoms with Crippen molar-refractivity contribution in [2.24, 2.45) is 0 Å². The summed E-state index contributed by atoms with van der Waals surface area (Å²) in [6.07, 6.45) is 5.57. The minimum absolute atomic E-state index is 0.120. The van der Waals surface area contributed by atoms with E-state index in [0.717, 1.165) is 21.8 Å². The van der Waals surface area contributed by atoms with Crippen LogP contribution in [0.25, 0.3) is 0 Å². The van der Waals surface area contributed by atoms with Gasteiger partial charge in [-0.1, -0.05) is 24.3 Å². The van der Waals surface area contributed by atoms with Crippen molar-refractivity contribution in [3.8, 4) is 0 Å². The molecule has 0 unspecified atom stereocenters. The highest BCUT2D eigenvalue weighted by Gasteiger charge is 2.12. The predicted octanol–water partition coefficient (Wildman–Crippen LogP) is 4.67. The highest BCUT2D eigenvalue weighted by atomic mass is 32.2. The molecule has 3 aromatic rings. The molecule has 25 heavy (non-hydrogen) atoms. The van der Waals surface area contributed by atoms with Gasteiger partial charge in [0.05, 0.1) is 11.4 Å². The zero-order valence-electron chi connectivity index (χ0n) is 13.9. The predicted molar refractivity (Wildman–Crippen MR) is 104 cm³/mol. The zero-order chi connectivity index (χ0) is 17.5. The fraction of sp³-hybridized carbons (Fsp3) is 0.100. The minimum atomic E-state index is -0.120. The molecule has 0 saturated carbocycles. The Morgan fingerprint density at radius 1 is 1.00 bits per heavy atom. The van der Waals surface area contributed by atoms with Gasteiger partial charge in [0.2, 0.25) is 0 Å². The molecular weight excluding hydrogens is 330 g/mol. The largest absolute Gasteiger partial charge is 0.378 e. The lowest BCUT2D eigenvalue weighted by Crippen LogP contribution is -2.14. The molecule has 4 nitrogen and oxygen atoms in total. The molecule has 1 aromatic heterocycles. The van der Waals surface area contributed by atoms with Crippen molar-refractivity contribution in [2.45, 2.75) is 11.4 Å². The number of para-hydroxylation sites is 1. The van der Waals surface area contributed by atoms with Gasteiger partial charge in [-0.15, -0.1) is 11.8 Å². The molecule has 0 saturated heterocycles. The Balaban J connectivity index is 1.82. The molecule has 5 heteroatoms. The van der Waals surface area contributed by atoms with Crippen LogP contribution in [-0.2, 0) is 6.54 Å². The second-order valence-electron chi connectivity index (χ2n) is 5.41. The van der Waals surface area contributed by atoms with Crippen molar-refractivity contribution in [1.82, 2.24) is 4.98 Å². The van der Waals surface area contributed by atoms with Gasteiger partial charge in [-0.05, 0) is 48.2 Å². The summed E-state index contributed by atoms with van der Waals surface area (Å²) in [6.45, 7) is 0.661. The molecule has 0 radical (unpaired) electrons. The van der Waals surface area contributed by atoms with Crippen LogP contribution in [0.3, 0.4) is 0 Å². The number of anilines is 2. The molecule has 1 heterocycles. The van der Waals surface area contributed by atoms with Crippen LogP contribution in [0, 0.1) is 0 Å². The first-order valence-electron chi connectivity index (χ1n) is 7.94. The van der Waals surface area contributed by atoms with E-state index < -0.39 is 0 Å². The third kappa shape index (κ3) is 4.39. The number of nitrogens with zero attached hydrogens (tertiary/aromatic N) is 1. The number of aromatic nitrogens is 1. The number of benzene rings is 2. The lowest BCUT2D eigenvalue weighted by Gasteiger charge is -2.16. The average molecular weight is 349 g/mol. The van der Waals surface area contributed by atoms with Crippen LogP contribution in [0.2, 0.25) is 0 Å². The van der Waals surface area contributed by atoms with Crippen LogP contribution in [0.1, 0.15) is 15.9 Å². The van der Waals surface area contributed by atoms with E-state index in [0.29, 0.717) is 12.1 Å². The van der Waals surface area contributed by atoms with Gasteiger partial charge in [0.15, 0.2) is 0 Å². The Morgan fingerprint density at radius 2 is 1.76 bits per heavy atom. The van der Waals surface area contributed by atoms with Gasteiger partial charge in [0.25, 0.3) is 5.91 Å². The molecule has 1 amide bonds. The molecule has 2 N–H and O–H groups in total. The van der Waals surface area contributed by atoms with E-state index in [4.69, 9.17) is 0 Å². The van der Waals surface area contributed by atoms with E-state index in [1.165, 1.54) is 0 Å². The Morgan fingerprint density at radius 3 is 2.48 bits per heavy atom. The van der Waals surface area contributed by atoms with E-state index in [9.17, 15) is 4.79 Å². The highest BCUT2D eigenvalue weighted by molar-refractivity contribution is 7.98. The van der Waals surface area contributed by atoms with Crippen LogP contribution in [0.4, 0.5) is 11.4 Å². The SMILES string of the molecule is CSc1cccc(NC(=O)c2ccccc2)c1NCc1ccncc1. The molecule has 0 bridgehead atoms. The monoisotopic (exact) mass is 349 g/mol. The van der Waals surface area contributed by atoms with Crippen molar-refractivity contribution in [1.29, 1.82) is 0 Å². The first kappa shape index (κ1) is 17.0. The molecule has 2 aromatic carbocycles. The van der Waals surface area contributed by atoms with Gasteiger partial charge in [-0.25, -0.2) is 0 Å². The summed E-state index contributed by atoms with van der Waals surface area (Å²) in [4.78, 5) is 17.6. The van der Waals surface area contributed by atoms with Gasteiger partial charge in [0, 0.05) is 29.4 Å². The Bertz CT molecular complexity index is 838. The van der Waals surface area contributed by atoms with Gasteiger partial charge in [0.1, 0.15) is 0 Å². The van der Waals surface area contributed by atoms with E-state index >= 15 is 0 Å². The second-order valence-corrected chi connectivity index (χ2v) is 6.26. The number of pyridine rings is 1. The van der Waals surface area contributed by atoms with Crippen LogP contribution >= 0.6 is 11.8 Å². The van der Waals surface area contributed by atoms with Crippen molar-refractivity contribution in [2.75, 3.05) is 16.9 Å². The summed E-state index contributed by atoms with van der Waals surface area (Å²) >= 11 is 1.64. The number of carbonyl (C=O) groups is 1. The fourth-order valence-electron chi connectivity index (χ4n) is 2.46. The van der Waals surface area contributed by atoms with Gasteiger partial charge in [-0.2, -0.15) is 0 Å². The molecule has 3 rings (SSSR count). The Hall–Kier alpha value is -2.79. The van der Waals surface area contributed by atoms with Crippen molar-refractivity contribution in [3.63, 3.8) is 0 Å². The highest BCUT2D eigenvalue weighted by Crippen LogP contribution is 2.33. The number of nitrogens with one attached hydrogen (secondary N) is 2. The van der Waals surface area contributed by atoms with Gasteiger partial charge >= 0.3 is 0 Å². The average Bonchev–Trinajstić information content (AvgIpc) is 2.68. The van der Waals surface area contributed by atoms with E-state index in [1.54, 1.807) is 36.3 Å². The number of hydrogen-bond acceptors (Lipinski definition) is 4. The maximum Gasteiger partial charge on any atom is 0.255 e. The standard InChI is InChI=1S/C20H19N3OS/c1-25-18-9-5-8-17(23-20(24)16-6-3-2-4-7-16)19(18)22-14-15-10-12-21-13-11-15/h2-13,22H,14H2,1H3,(H,23,24). The first-order chi connectivity index (χ1) is 12.3. The summed E-state index contributed by atoms with van der Waals surface area (Å²) in [7, 11) is 0. The normalized spacial score (nSPS) is 10.3. The molecular formula is C20H19N3OS. The maximum absolute atomic E-state index is 12.5. The molecule has 126 valence electrons. The summed E-state index contributed by atoms with van der Waals surface area (Å²) in [5.41, 5.74) is 3.47. The summed E-state index contributed by atoms with van der Waals surface area (Å²) in [6, 6.07) is 19.1. The molecule has 0 fully saturated rings. The van der Waals surface area contributed by atoms with Crippen molar-refractivity contribution >= 4 is 29.0 Å². The van der Waals surface area contributed by atoms with Gasteiger partial charge in [-0.3, -0.25) is 9.78 Å². The molecule has 0 spiro atoms. The molecule has 0 aliphatic carbocycles. The maximum atomic E-state index is 12.5. The smallest absolute Gasteiger partial charge is 0.255 e. The third-order valence-electron chi connectivity index (χ3n) is 3.75. The number of thioether (sulfide) groups is 1. The lowest BCUT2D eigenvalue weighted by molar-refractivity contribution is 0.102. The van der Waals surface area contributed by atoms with E-state index in [2.05, 4.69) is 15.6 Å². The third-order valence-corrected chi connectivity index (χ3v) is 4.53. The lowest BCUT2D eigenvalue weighted by atomic mass is 10.2. The van der Waals surface area contributed by atoms with Crippen LogP contribution in [-0.4, -0.2) is 17.1 Å². The topological polar surface area (TPSA) is 54.0 Å². The Labute approximate surface area is 151 Å². The van der Waals surface area contributed by atoms with E-state index in [-0.39, 0.29) is 5.91 Å². The molecule has 0 aliphatic heterocycles. The fourth-order valence-corrected chi connectivity index (χ4v) is 3.06. The summed E-state index contributed by atoms with van der Waals surface area (Å²) in [5, 5.41) is 6.45. The van der Waals surface area contributed by atoms with Crippen molar-refractivity contribution < 1.29 is 4.79 Å². The molecule has 0 atom stereocenters.